The molecular formula is C3HF2NO3. The molecule has 0 radical (unpaired) electrons. The summed E-state index contributed by atoms with van der Waals surface area (Å²) in [7, 11) is 0. The van der Waals surface area contributed by atoms with Crippen molar-refractivity contribution in [2.45, 2.75) is 6.11 Å². The second kappa shape index (κ2) is 1.40. The van der Waals surface area contributed by atoms with Crippen molar-refractivity contribution < 1.29 is 23.1 Å². The zero-order chi connectivity index (χ0) is 7.07. The first-order valence-corrected chi connectivity index (χ1v) is 1.94. The minimum absolute atomic E-state index is 1.26. The molecule has 0 spiro atoms. The molecule has 1 N–H and O–H groups in total. The zero-order valence-corrected chi connectivity index (χ0v) is 3.98. The van der Waals surface area contributed by atoms with Crippen molar-refractivity contribution in [3.05, 3.63) is 0 Å². The number of hydrogen-bond acceptors (Lipinski definition) is 3. The molecule has 0 unspecified atom stereocenters. The average Bonchev–Trinajstić information content (AvgIpc) is 1.79. The van der Waals surface area contributed by atoms with E-state index in [-0.39, 0.29) is 0 Å². The van der Waals surface area contributed by atoms with Gasteiger partial charge in [-0.1, -0.05) is 0 Å². The van der Waals surface area contributed by atoms with E-state index in [9.17, 15) is 18.4 Å². The Morgan fingerprint density at radius 2 is 2.00 bits per heavy atom. The third-order valence-electron chi connectivity index (χ3n) is 0.701. The van der Waals surface area contributed by atoms with Crippen LogP contribution in [0.25, 0.3) is 0 Å². The van der Waals surface area contributed by atoms with Gasteiger partial charge >= 0.3 is 18.1 Å². The predicted molar refractivity (Wildman–Crippen MR) is 19.6 cm³/mol. The second-order valence-electron chi connectivity index (χ2n) is 1.36. The van der Waals surface area contributed by atoms with Crippen molar-refractivity contribution >= 4 is 12.0 Å². The number of alkyl halides is 2. The Morgan fingerprint density at radius 1 is 1.44 bits per heavy atom. The van der Waals surface area contributed by atoms with Gasteiger partial charge in [-0.25, -0.2) is 4.79 Å². The molecule has 0 saturated carbocycles. The molecule has 2 amide bonds. The van der Waals surface area contributed by atoms with E-state index < -0.39 is 18.1 Å². The number of hydrogen-bond donors (Lipinski definition) is 1. The number of amides is 2. The fraction of sp³-hybridized carbons (Fsp3) is 0.333. The number of nitrogens with one attached hydrogen (secondary N) is 1. The van der Waals surface area contributed by atoms with Crippen LogP contribution < -0.4 is 5.32 Å². The summed E-state index contributed by atoms with van der Waals surface area (Å²) in [6, 6.07) is 0. The summed E-state index contributed by atoms with van der Waals surface area (Å²) >= 11 is 0. The lowest BCUT2D eigenvalue weighted by molar-refractivity contribution is -0.187. The Morgan fingerprint density at radius 3 is 2.11 bits per heavy atom. The van der Waals surface area contributed by atoms with Gasteiger partial charge in [-0.3, -0.25) is 10.1 Å². The van der Waals surface area contributed by atoms with Gasteiger partial charge in [0.25, 0.3) is 0 Å². The van der Waals surface area contributed by atoms with Crippen molar-refractivity contribution in [3.63, 3.8) is 0 Å². The largest absolute Gasteiger partial charge is 0.486 e. The molecule has 1 rings (SSSR count). The van der Waals surface area contributed by atoms with Gasteiger partial charge in [-0.05, 0) is 0 Å². The number of cyclic esters (lactones) is 1. The monoisotopic (exact) mass is 137 g/mol. The minimum atomic E-state index is -3.98. The van der Waals surface area contributed by atoms with Crippen LogP contribution in [0.5, 0.6) is 0 Å². The van der Waals surface area contributed by atoms with Crippen LogP contribution in [-0.4, -0.2) is 18.1 Å². The third-order valence-corrected chi connectivity index (χ3v) is 0.701. The summed E-state index contributed by atoms with van der Waals surface area (Å²) in [6.45, 7) is 0. The number of rotatable bonds is 0. The van der Waals surface area contributed by atoms with Gasteiger partial charge in [0, 0.05) is 0 Å². The van der Waals surface area contributed by atoms with E-state index in [0.29, 0.717) is 0 Å². The molecular weight excluding hydrogens is 136 g/mol. The average molecular weight is 137 g/mol. The van der Waals surface area contributed by atoms with Crippen molar-refractivity contribution in [2.75, 3.05) is 0 Å². The molecule has 4 nitrogen and oxygen atoms in total. The van der Waals surface area contributed by atoms with Crippen LogP contribution in [0, 0.1) is 0 Å². The molecule has 0 aliphatic carbocycles. The molecule has 0 aromatic rings. The van der Waals surface area contributed by atoms with Crippen LogP contribution in [-0.2, 0) is 9.53 Å². The lowest BCUT2D eigenvalue weighted by Crippen LogP contribution is -2.29. The maximum Gasteiger partial charge on any atom is 0.486 e. The van der Waals surface area contributed by atoms with E-state index in [1.807, 2.05) is 0 Å². The highest BCUT2D eigenvalue weighted by Crippen LogP contribution is 2.19. The molecule has 1 aliphatic heterocycles. The van der Waals surface area contributed by atoms with Crippen molar-refractivity contribution in [3.8, 4) is 0 Å². The summed E-state index contributed by atoms with van der Waals surface area (Å²) in [4.78, 5) is 19.7. The first kappa shape index (κ1) is 5.93. The number of ether oxygens (including phenoxy) is 1. The Labute approximate surface area is 47.8 Å². The van der Waals surface area contributed by atoms with Gasteiger partial charge < -0.3 is 4.74 Å². The fourth-order valence-corrected chi connectivity index (χ4v) is 0.354. The van der Waals surface area contributed by atoms with Crippen molar-refractivity contribution in [2.24, 2.45) is 0 Å². The maximum atomic E-state index is 11.7. The van der Waals surface area contributed by atoms with Gasteiger partial charge in [-0.2, -0.15) is 8.78 Å². The Balaban J connectivity index is 2.81. The van der Waals surface area contributed by atoms with E-state index in [1.165, 1.54) is 5.32 Å². The van der Waals surface area contributed by atoms with E-state index in [4.69, 9.17) is 0 Å². The van der Waals surface area contributed by atoms with E-state index in [2.05, 4.69) is 4.74 Å². The molecule has 1 aliphatic rings. The number of carbonyl (C=O) groups excluding carboxylic acids is 2. The van der Waals surface area contributed by atoms with E-state index >= 15 is 0 Å². The van der Waals surface area contributed by atoms with Gasteiger partial charge in [0.15, 0.2) is 0 Å². The van der Waals surface area contributed by atoms with Crippen molar-refractivity contribution in [1.82, 2.24) is 5.32 Å². The fourth-order valence-electron chi connectivity index (χ4n) is 0.354. The predicted octanol–water partition coefficient (Wildman–Crippen LogP) is -0.154. The summed E-state index contributed by atoms with van der Waals surface area (Å²) in [5.74, 6) is -1.72. The molecule has 0 atom stereocenters. The zero-order valence-electron chi connectivity index (χ0n) is 3.98. The van der Waals surface area contributed by atoms with Crippen LogP contribution in [0.1, 0.15) is 0 Å². The van der Waals surface area contributed by atoms with Crippen LogP contribution in [0.2, 0.25) is 0 Å². The van der Waals surface area contributed by atoms with Gasteiger partial charge in [-0.15, -0.1) is 0 Å². The molecule has 6 heteroatoms. The van der Waals surface area contributed by atoms with Gasteiger partial charge in [0.1, 0.15) is 0 Å². The summed E-state index contributed by atoms with van der Waals surface area (Å²) < 4.78 is 26.7. The van der Waals surface area contributed by atoms with E-state index in [0.717, 1.165) is 0 Å². The molecule has 0 bridgehead atoms. The molecule has 1 heterocycles. The summed E-state index contributed by atoms with van der Waals surface area (Å²) in [5.41, 5.74) is 0. The lowest BCUT2D eigenvalue weighted by atomic mass is 10.6. The molecule has 50 valence electrons. The summed E-state index contributed by atoms with van der Waals surface area (Å²) in [5, 5.41) is 1.26. The lowest BCUT2D eigenvalue weighted by Gasteiger charge is -1.98. The smallest absolute Gasteiger partial charge is 0.376 e. The summed E-state index contributed by atoms with van der Waals surface area (Å²) in [6.07, 6.45) is -5.39. The normalized spacial score (nSPS) is 23.3. The van der Waals surface area contributed by atoms with Gasteiger partial charge in [0.2, 0.25) is 0 Å². The number of halogens is 2. The highest BCUT2D eigenvalue weighted by Gasteiger charge is 2.51. The van der Waals surface area contributed by atoms with Crippen molar-refractivity contribution in [1.29, 1.82) is 0 Å². The second-order valence-corrected chi connectivity index (χ2v) is 1.36. The standard InChI is InChI=1S/C3HF2NO3/c4-3(5)1(7)6-2(8)9-3/h(H,6,7,8). The highest BCUT2D eigenvalue weighted by molar-refractivity contribution is 6.00. The molecule has 0 aromatic carbocycles. The number of carbonyl (C=O) groups is 2. The van der Waals surface area contributed by atoms with Crippen LogP contribution in [0.15, 0.2) is 0 Å². The molecule has 9 heavy (non-hydrogen) atoms. The number of alkyl carbamates (subject to hydrolysis) is 1. The van der Waals surface area contributed by atoms with Crippen LogP contribution in [0.4, 0.5) is 13.6 Å². The third kappa shape index (κ3) is 0.823. The molecule has 1 fully saturated rings. The SMILES string of the molecule is O=C1NC(=O)C(F)(F)O1. The maximum absolute atomic E-state index is 11.7. The van der Waals surface area contributed by atoms with E-state index in [1.54, 1.807) is 0 Å². The van der Waals surface area contributed by atoms with Crippen LogP contribution >= 0.6 is 0 Å². The highest BCUT2D eigenvalue weighted by atomic mass is 19.3. The topological polar surface area (TPSA) is 55.4 Å². The first-order chi connectivity index (χ1) is 4.02. The van der Waals surface area contributed by atoms with Crippen LogP contribution in [0.3, 0.4) is 0 Å². The molecule has 1 saturated heterocycles. The van der Waals surface area contributed by atoms with Gasteiger partial charge in [0.05, 0.1) is 0 Å². The Bertz CT molecular complexity index is 178. The quantitative estimate of drug-likeness (QED) is 0.504. The first-order valence-electron chi connectivity index (χ1n) is 1.94. The number of imide groups is 1. The Hall–Kier alpha value is -1.20. The molecule has 0 aromatic heterocycles. The minimum Gasteiger partial charge on any atom is -0.376 e. The Kier molecular flexibility index (Phi) is 0.920.